The highest BCUT2D eigenvalue weighted by Crippen LogP contribution is 2.31. The van der Waals surface area contributed by atoms with Gasteiger partial charge in [0.1, 0.15) is 5.69 Å². The van der Waals surface area contributed by atoms with Gasteiger partial charge in [0.15, 0.2) is 17.3 Å². The molecule has 1 fully saturated rings. The average molecular weight is 447 g/mol. The average Bonchev–Trinajstić information content (AvgIpc) is 2.88. The van der Waals surface area contributed by atoms with Crippen LogP contribution in [-0.4, -0.2) is 43.2 Å². The number of carbonyl (C=O) groups excluding carboxylic acids is 1. The highest BCUT2D eigenvalue weighted by molar-refractivity contribution is 5.95. The summed E-state index contributed by atoms with van der Waals surface area (Å²) in [5.41, 5.74) is 3.33. The SMILES string of the molecule is COc1ccc([C@H](C)NC(=O)c2ccc(-c3nccnc3N3CCCCC3)cc2)cc1OC. The highest BCUT2D eigenvalue weighted by atomic mass is 16.5. The number of carbonyl (C=O) groups is 1. The summed E-state index contributed by atoms with van der Waals surface area (Å²) in [6.07, 6.45) is 7.07. The van der Waals surface area contributed by atoms with E-state index in [2.05, 4.69) is 20.2 Å². The van der Waals surface area contributed by atoms with Crippen LogP contribution in [0.2, 0.25) is 0 Å². The second-order valence-corrected chi connectivity index (χ2v) is 8.16. The summed E-state index contributed by atoms with van der Waals surface area (Å²) in [7, 11) is 3.20. The maximum atomic E-state index is 12.9. The largest absolute Gasteiger partial charge is 0.493 e. The third-order valence-corrected chi connectivity index (χ3v) is 6.01. The molecule has 0 bridgehead atoms. The molecule has 2 heterocycles. The number of benzene rings is 2. The van der Waals surface area contributed by atoms with E-state index in [0.717, 1.165) is 35.7 Å². The lowest BCUT2D eigenvalue weighted by atomic mass is 10.0. The lowest BCUT2D eigenvalue weighted by molar-refractivity contribution is 0.0940. The standard InChI is InChI=1S/C26H30N4O3/c1-18(21-11-12-22(32-2)23(17-21)33-3)29-26(31)20-9-7-19(8-10-20)24-25(28-14-13-27-24)30-15-5-4-6-16-30/h7-14,17-18H,4-6,15-16H2,1-3H3,(H,29,31)/t18-/m0/s1. The lowest BCUT2D eigenvalue weighted by Gasteiger charge is -2.28. The van der Waals surface area contributed by atoms with Gasteiger partial charge in [0.2, 0.25) is 0 Å². The fraction of sp³-hybridized carbons (Fsp3) is 0.346. The van der Waals surface area contributed by atoms with Crippen LogP contribution in [-0.2, 0) is 0 Å². The van der Waals surface area contributed by atoms with Crippen LogP contribution in [0.1, 0.15) is 48.1 Å². The summed E-state index contributed by atoms with van der Waals surface area (Å²) >= 11 is 0. The van der Waals surface area contributed by atoms with Crippen molar-refractivity contribution in [2.45, 2.75) is 32.2 Å². The molecule has 0 aliphatic carbocycles. The predicted molar refractivity (Wildman–Crippen MR) is 129 cm³/mol. The fourth-order valence-electron chi connectivity index (χ4n) is 4.14. The Balaban J connectivity index is 1.48. The van der Waals surface area contributed by atoms with Crippen LogP contribution in [0.15, 0.2) is 54.9 Å². The maximum Gasteiger partial charge on any atom is 0.251 e. The highest BCUT2D eigenvalue weighted by Gasteiger charge is 2.18. The Morgan fingerprint density at radius 3 is 2.33 bits per heavy atom. The van der Waals surface area contributed by atoms with Crippen molar-refractivity contribution in [3.63, 3.8) is 0 Å². The van der Waals surface area contributed by atoms with E-state index in [0.29, 0.717) is 17.1 Å². The minimum atomic E-state index is -0.192. The lowest BCUT2D eigenvalue weighted by Crippen LogP contribution is -2.30. The van der Waals surface area contributed by atoms with Gasteiger partial charge in [0.05, 0.1) is 20.3 Å². The Hall–Kier alpha value is -3.61. The zero-order valence-electron chi connectivity index (χ0n) is 19.4. The number of piperidine rings is 1. The Bertz CT molecular complexity index is 1090. The van der Waals surface area contributed by atoms with E-state index in [-0.39, 0.29) is 11.9 Å². The van der Waals surface area contributed by atoms with Crippen LogP contribution in [0.5, 0.6) is 11.5 Å². The van der Waals surface area contributed by atoms with Crippen molar-refractivity contribution in [3.05, 3.63) is 66.0 Å². The summed E-state index contributed by atoms with van der Waals surface area (Å²) in [4.78, 5) is 24.4. The van der Waals surface area contributed by atoms with Crippen molar-refractivity contribution in [3.8, 4) is 22.8 Å². The molecule has 172 valence electrons. The molecule has 1 aromatic heterocycles. The molecule has 1 saturated heterocycles. The van der Waals surface area contributed by atoms with Crippen LogP contribution in [0.25, 0.3) is 11.3 Å². The Morgan fingerprint density at radius 1 is 0.939 bits per heavy atom. The van der Waals surface area contributed by atoms with Gasteiger partial charge in [-0.1, -0.05) is 18.2 Å². The second kappa shape index (κ2) is 10.3. The molecule has 33 heavy (non-hydrogen) atoms. The molecule has 7 nitrogen and oxygen atoms in total. The third-order valence-electron chi connectivity index (χ3n) is 6.01. The molecular formula is C26H30N4O3. The van der Waals surface area contributed by atoms with Gasteiger partial charge < -0.3 is 19.7 Å². The Kier molecular flexibility index (Phi) is 7.07. The number of nitrogens with zero attached hydrogens (tertiary/aromatic N) is 3. The molecule has 1 amide bonds. The number of hydrogen-bond donors (Lipinski definition) is 1. The molecule has 2 aromatic carbocycles. The molecule has 1 aliphatic heterocycles. The first-order valence-electron chi connectivity index (χ1n) is 11.3. The van der Waals surface area contributed by atoms with E-state index in [9.17, 15) is 4.79 Å². The van der Waals surface area contributed by atoms with Crippen LogP contribution < -0.4 is 19.7 Å². The summed E-state index contributed by atoms with van der Waals surface area (Å²) in [5, 5.41) is 3.05. The van der Waals surface area contributed by atoms with Gasteiger partial charge in [-0.15, -0.1) is 0 Å². The number of amides is 1. The van der Waals surface area contributed by atoms with E-state index in [1.165, 1.54) is 19.3 Å². The van der Waals surface area contributed by atoms with E-state index in [1.807, 2.05) is 49.4 Å². The molecule has 0 saturated carbocycles. The Morgan fingerprint density at radius 2 is 1.64 bits per heavy atom. The van der Waals surface area contributed by atoms with Gasteiger partial charge >= 0.3 is 0 Å². The summed E-state index contributed by atoms with van der Waals surface area (Å²) in [5.74, 6) is 2.06. The molecule has 3 aromatic rings. The molecule has 1 N–H and O–H groups in total. The Labute approximate surface area is 194 Å². The zero-order valence-corrected chi connectivity index (χ0v) is 19.4. The first kappa shape index (κ1) is 22.6. The van der Waals surface area contributed by atoms with Crippen LogP contribution in [0.3, 0.4) is 0 Å². The van der Waals surface area contributed by atoms with Gasteiger partial charge in [0.25, 0.3) is 5.91 Å². The number of rotatable bonds is 7. The third kappa shape index (κ3) is 5.08. The number of ether oxygens (including phenoxy) is 2. The van der Waals surface area contributed by atoms with Crippen molar-refractivity contribution >= 4 is 11.7 Å². The number of aromatic nitrogens is 2. The van der Waals surface area contributed by atoms with Crippen molar-refractivity contribution < 1.29 is 14.3 Å². The number of methoxy groups -OCH3 is 2. The summed E-state index contributed by atoms with van der Waals surface area (Å²) in [6, 6.07) is 13.0. The molecule has 0 spiro atoms. The minimum Gasteiger partial charge on any atom is -0.493 e. The predicted octanol–water partition coefficient (Wildman–Crippen LogP) is 4.64. The monoisotopic (exact) mass is 446 g/mol. The molecule has 1 aliphatic rings. The maximum absolute atomic E-state index is 12.9. The van der Waals surface area contributed by atoms with E-state index in [1.54, 1.807) is 26.6 Å². The van der Waals surface area contributed by atoms with Gasteiger partial charge in [-0.05, 0) is 56.0 Å². The topological polar surface area (TPSA) is 76.6 Å². The van der Waals surface area contributed by atoms with Crippen molar-refractivity contribution in [2.24, 2.45) is 0 Å². The molecule has 0 unspecified atom stereocenters. The first-order chi connectivity index (χ1) is 16.1. The molecule has 7 heteroatoms. The molecule has 1 atom stereocenters. The van der Waals surface area contributed by atoms with Crippen LogP contribution >= 0.6 is 0 Å². The van der Waals surface area contributed by atoms with Crippen molar-refractivity contribution in [1.82, 2.24) is 15.3 Å². The van der Waals surface area contributed by atoms with Gasteiger partial charge in [-0.25, -0.2) is 4.98 Å². The molecule has 4 rings (SSSR count). The molecule has 0 radical (unpaired) electrons. The van der Waals surface area contributed by atoms with E-state index >= 15 is 0 Å². The molecular weight excluding hydrogens is 416 g/mol. The minimum absolute atomic E-state index is 0.140. The second-order valence-electron chi connectivity index (χ2n) is 8.16. The van der Waals surface area contributed by atoms with Crippen molar-refractivity contribution in [2.75, 3.05) is 32.2 Å². The zero-order chi connectivity index (χ0) is 23.2. The summed E-state index contributed by atoms with van der Waals surface area (Å²) < 4.78 is 10.7. The van der Waals surface area contributed by atoms with Crippen LogP contribution in [0.4, 0.5) is 5.82 Å². The quantitative estimate of drug-likeness (QED) is 0.570. The first-order valence-corrected chi connectivity index (χ1v) is 11.3. The number of hydrogen-bond acceptors (Lipinski definition) is 6. The van der Waals surface area contributed by atoms with Gasteiger partial charge in [-0.3, -0.25) is 9.78 Å². The number of nitrogens with one attached hydrogen (secondary N) is 1. The van der Waals surface area contributed by atoms with Gasteiger partial charge in [0, 0.05) is 36.6 Å². The van der Waals surface area contributed by atoms with E-state index in [4.69, 9.17) is 9.47 Å². The fourth-order valence-corrected chi connectivity index (χ4v) is 4.14. The normalized spacial score (nSPS) is 14.5. The van der Waals surface area contributed by atoms with Crippen LogP contribution in [0, 0.1) is 0 Å². The van der Waals surface area contributed by atoms with Crippen molar-refractivity contribution in [1.29, 1.82) is 0 Å². The smallest absolute Gasteiger partial charge is 0.251 e. The number of anilines is 1. The summed E-state index contributed by atoms with van der Waals surface area (Å²) in [6.45, 7) is 3.94. The van der Waals surface area contributed by atoms with Gasteiger partial charge in [-0.2, -0.15) is 0 Å². The van der Waals surface area contributed by atoms with E-state index < -0.39 is 0 Å².